The highest BCUT2D eigenvalue weighted by Gasteiger charge is 2.42. The molecule has 2 aromatic carbocycles. The molecule has 0 saturated heterocycles. The maximum atomic E-state index is 14.2. The summed E-state index contributed by atoms with van der Waals surface area (Å²) in [5.41, 5.74) is 1.70. The molecule has 0 fully saturated rings. The lowest BCUT2D eigenvalue weighted by molar-refractivity contribution is -0.138. The molecule has 0 radical (unpaired) electrons. The standard InChI is InChI=1S/C35H39N5O5/c1-23(2)30-34(44)39(28(25-15-9-6-10-16-25)20-40(30)33(43)26-17-11-12-18-36-26)21-29(41)37-27(19-24-13-7-5-8-14-24)31(42)32-38-35(3,4)22-45-32/h5-18,20,23,27,30-31,42H,19,21-22H2,1-4H3,(H,37,41)/t27-,30+,31?/m0/s1. The number of rotatable bonds is 10. The molecule has 5 rings (SSSR count). The maximum absolute atomic E-state index is 14.2. The van der Waals surface area contributed by atoms with Crippen LogP contribution in [0.1, 0.15) is 49.3 Å². The quantitative estimate of drug-likeness (QED) is 0.362. The molecule has 10 nitrogen and oxygen atoms in total. The Kier molecular flexibility index (Phi) is 9.43. The molecule has 45 heavy (non-hydrogen) atoms. The van der Waals surface area contributed by atoms with Gasteiger partial charge < -0.3 is 15.2 Å². The van der Waals surface area contributed by atoms with Crippen molar-refractivity contribution in [2.75, 3.05) is 13.2 Å². The van der Waals surface area contributed by atoms with Gasteiger partial charge in [0.05, 0.1) is 17.3 Å². The van der Waals surface area contributed by atoms with Crippen LogP contribution in [0.3, 0.4) is 0 Å². The number of nitrogens with zero attached hydrogens (tertiary/aromatic N) is 4. The van der Waals surface area contributed by atoms with Crippen LogP contribution in [0.2, 0.25) is 0 Å². The van der Waals surface area contributed by atoms with Crippen LogP contribution in [0, 0.1) is 5.92 Å². The number of benzene rings is 2. The van der Waals surface area contributed by atoms with Crippen molar-refractivity contribution in [2.24, 2.45) is 10.9 Å². The van der Waals surface area contributed by atoms with E-state index < -0.39 is 41.4 Å². The summed E-state index contributed by atoms with van der Waals surface area (Å²) in [4.78, 5) is 53.2. The predicted octanol–water partition coefficient (Wildman–Crippen LogP) is 3.68. The van der Waals surface area contributed by atoms with Crippen LogP contribution < -0.4 is 5.32 Å². The summed E-state index contributed by atoms with van der Waals surface area (Å²) in [5, 5.41) is 14.3. The summed E-state index contributed by atoms with van der Waals surface area (Å²) in [6, 6.07) is 22.1. The van der Waals surface area contributed by atoms with Crippen LogP contribution in [0.4, 0.5) is 0 Å². The average molecular weight is 610 g/mol. The SMILES string of the molecule is CC(C)[C@@H]1C(=O)N(CC(=O)N[C@@H](Cc2ccccc2)C(O)C2=NC(C)(C)CO2)C(c2ccccc2)=CN1C(=O)c1ccccn1. The molecule has 3 amide bonds. The Bertz CT molecular complexity index is 1570. The molecule has 0 saturated carbocycles. The highest BCUT2D eigenvalue weighted by molar-refractivity contribution is 6.03. The molecule has 0 bridgehead atoms. The number of hydrogen-bond acceptors (Lipinski definition) is 7. The van der Waals surface area contributed by atoms with E-state index in [1.165, 1.54) is 16.0 Å². The largest absolute Gasteiger partial charge is 0.476 e. The number of aliphatic hydroxyl groups is 1. The Morgan fingerprint density at radius 1 is 1.02 bits per heavy atom. The van der Waals surface area contributed by atoms with Crippen LogP contribution in [0.5, 0.6) is 0 Å². The zero-order chi connectivity index (χ0) is 32.1. The first-order valence-electron chi connectivity index (χ1n) is 15.1. The summed E-state index contributed by atoms with van der Waals surface area (Å²) in [6.07, 6.45) is 2.27. The molecule has 2 N–H and O–H groups in total. The zero-order valence-electron chi connectivity index (χ0n) is 26.0. The smallest absolute Gasteiger partial charge is 0.277 e. The monoisotopic (exact) mass is 609 g/mol. The van der Waals surface area contributed by atoms with E-state index in [4.69, 9.17) is 4.74 Å². The lowest BCUT2D eigenvalue weighted by Gasteiger charge is -2.41. The molecule has 1 aromatic heterocycles. The first-order chi connectivity index (χ1) is 21.5. The number of hydrogen-bond donors (Lipinski definition) is 2. The molecule has 2 aliphatic heterocycles. The first kappa shape index (κ1) is 31.6. The Hall–Kier alpha value is -4.83. The third-order valence-corrected chi connectivity index (χ3v) is 7.76. The molecule has 234 valence electrons. The van der Waals surface area contributed by atoms with Crippen LogP contribution in [-0.4, -0.2) is 80.4 Å². The number of aromatic nitrogens is 1. The molecular formula is C35H39N5O5. The fraction of sp³-hybridized carbons (Fsp3) is 0.343. The summed E-state index contributed by atoms with van der Waals surface area (Å²) in [7, 11) is 0. The van der Waals surface area contributed by atoms with Crippen molar-refractivity contribution < 1.29 is 24.2 Å². The summed E-state index contributed by atoms with van der Waals surface area (Å²) in [5.74, 6) is -1.38. The molecule has 3 atom stereocenters. The van der Waals surface area contributed by atoms with Gasteiger partial charge in [-0.2, -0.15) is 0 Å². The molecule has 3 heterocycles. The molecule has 3 aromatic rings. The fourth-order valence-electron chi connectivity index (χ4n) is 5.54. The number of carbonyl (C=O) groups excluding carboxylic acids is 3. The van der Waals surface area contributed by atoms with Crippen molar-refractivity contribution in [3.05, 3.63) is 108 Å². The molecular weight excluding hydrogens is 570 g/mol. The van der Waals surface area contributed by atoms with Crippen molar-refractivity contribution in [2.45, 2.75) is 57.8 Å². The van der Waals surface area contributed by atoms with Crippen molar-refractivity contribution in [3.8, 4) is 0 Å². The van der Waals surface area contributed by atoms with Crippen LogP contribution in [0.25, 0.3) is 5.70 Å². The Labute approximate surface area is 263 Å². The normalized spacial score (nSPS) is 19.0. The lowest BCUT2D eigenvalue weighted by Crippen LogP contribution is -2.57. The molecule has 0 aliphatic carbocycles. The second-order valence-electron chi connectivity index (χ2n) is 12.3. The highest BCUT2D eigenvalue weighted by atomic mass is 16.5. The van der Waals surface area contributed by atoms with Crippen molar-refractivity contribution in [3.63, 3.8) is 0 Å². The topological polar surface area (TPSA) is 124 Å². The maximum Gasteiger partial charge on any atom is 0.277 e. The van der Waals surface area contributed by atoms with Gasteiger partial charge in [0.1, 0.15) is 31.0 Å². The predicted molar refractivity (Wildman–Crippen MR) is 171 cm³/mol. The lowest BCUT2D eigenvalue weighted by atomic mass is 9.96. The number of carbonyl (C=O) groups is 3. The Morgan fingerprint density at radius 2 is 1.69 bits per heavy atom. The molecule has 0 spiro atoms. The number of aliphatic hydroxyl groups excluding tert-OH is 1. The van der Waals surface area contributed by atoms with Crippen LogP contribution >= 0.6 is 0 Å². The summed E-state index contributed by atoms with van der Waals surface area (Å²) in [6.45, 7) is 7.52. The van der Waals surface area contributed by atoms with Crippen molar-refractivity contribution in [1.29, 1.82) is 0 Å². The van der Waals surface area contributed by atoms with Gasteiger partial charge in [-0.05, 0) is 49.4 Å². The highest BCUT2D eigenvalue weighted by Crippen LogP contribution is 2.31. The van der Waals surface area contributed by atoms with Gasteiger partial charge in [0.15, 0.2) is 0 Å². The van der Waals surface area contributed by atoms with Gasteiger partial charge >= 0.3 is 0 Å². The van der Waals surface area contributed by atoms with Gasteiger partial charge in [-0.3, -0.25) is 29.2 Å². The van der Waals surface area contributed by atoms with E-state index in [2.05, 4.69) is 15.3 Å². The minimum atomic E-state index is -1.20. The van der Waals surface area contributed by atoms with Crippen molar-refractivity contribution >= 4 is 29.3 Å². The number of nitrogens with one attached hydrogen (secondary N) is 1. The number of amides is 3. The first-order valence-corrected chi connectivity index (χ1v) is 15.1. The van der Waals surface area contributed by atoms with Crippen LogP contribution in [-0.2, 0) is 20.7 Å². The fourth-order valence-corrected chi connectivity index (χ4v) is 5.54. The molecule has 10 heteroatoms. The third kappa shape index (κ3) is 7.29. The summed E-state index contributed by atoms with van der Waals surface area (Å²) < 4.78 is 5.72. The minimum absolute atomic E-state index is 0.170. The van der Waals surface area contributed by atoms with E-state index in [1.54, 1.807) is 24.4 Å². The van der Waals surface area contributed by atoms with Crippen LogP contribution in [0.15, 0.2) is 96.3 Å². The van der Waals surface area contributed by atoms with Gasteiger partial charge in [-0.1, -0.05) is 80.6 Å². The number of ether oxygens (including phenoxy) is 1. The minimum Gasteiger partial charge on any atom is -0.476 e. The van der Waals surface area contributed by atoms with Crippen molar-refractivity contribution in [1.82, 2.24) is 20.1 Å². The Morgan fingerprint density at radius 3 is 2.29 bits per heavy atom. The van der Waals surface area contributed by atoms with Gasteiger partial charge in [-0.15, -0.1) is 0 Å². The number of aliphatic imine (C=N–C) groups is 1. The second-order valence-corrected chi connectivity index (χ2v) is 12.3. The van der Waals surface area contributed by atoms with E-state index in [0.717, 1.165) is 5.56 Å². The molecule has 1 unspecified atom stereocenters. The van der Waals surface area contributed by atoms with E-state index in [0.29, 0.717) is 24.3 Å². The van der Waals surface area contributed by atoms with Gasteiger partial charge in [0, 0.05) is 12.4 Å². The van der Waals surface area contributed by atoms with Gasteiger partial charge in [-0.25, -0.2) is 4.99 Å². The summed E-state index contributed by atoms with van der Waals surface area (Å²) >= 11 is 0. The van der Waals surface area contributed by atoms with E-state index in [1.807, 2.05) is 88.4 Å². The third-order valence-electron chi connectivity index (χ3n) is 7.76. The van der Waals surface area contributed by atoms with E-state index in [-0.39, 0.29) is 24.1 Å². The van der Waals surface area contributed by atoms with E-state index >= 15 is 0 Å². The van der Waals surface area contributed by atoms with Gasteiger partial charge in [0.25, 0.3) is 11.8 Å². The number of pyridine rings is 1. The van der Waals surface area contributed by atoms with E-state index in [9.17, 15) is 19.5 Å². The van der Waals surface area contributed by atoms with Gasteiger partial charge in [0.2, 0.25) is 11.8 Å². The molecule has 2 aliphatic rings. The Balaban J connectivity index is 1.46. The second kappa shape index (κ2) is 13.4. The zero-order valence-corrected chi connectivity index (χ0v) is 26.0. The average Bonchev–Trinajstić information content (AvgIpc) is 3.41.